The van der Waals surface area contributed by atoms with Crippen molar-refractivity contribution in [3.63, 3.8) is 0 Å². The molecule has 0 fully saturated rings. The molecule has 92 valence electrons. The van der Waals surface area contributed by atoms with Gasteiger partial charge in [0.2, 0.25) is 0 Å². The summed E-state index contributed by atoms with van der Waals surface area (Å²) in [5, 5.41) is 10.1. The monoisotopic (exact) mass is 240 g/mol. The minimum Gasteiger partial charge on any atom is -0.507 e. The Hall–Kier alpha value is -2.22. The maximum absolute atomic E-state index is 10.1. The average Bonchev–Trinajstić information content (AvgIpc) is 2.41. The lowest BCUT2D eigenvalue weighted by Gasteiger charge is -2.11. The van der Waals surface area contributed by atoms with Crippen LogP contribution in [0.5, 0.6) is 11.5 Å². The zero-order valence-electron chi connectivity index (χ0n) is 10.6. The van der Waals surface area contributed by atoms with Crippen molar-refractivity contribution in [3.8, 4) is 11.5 Å². The molecular weight excluding hydrogens is 224 g/mol. The number of phenolic OH excluding ortho intramolecular Hbond substituents is 1. The van der Waals surface area contributed by atoms with Gasteiger partial charge in [-0.1, -0.05) is 36.9 Å². The van der Waals surface area contributed by atoms with Gasteiger partial charge < -0.3 is 9.84 Å². The van der Waals surface area contributed by atoms with Gasteiger partial charge in [0.1, 0.15) is 11.5 Å². The molecule has 0 aliphatic carbocycles. The normalized spacial score (nSPS) is 10.1. The fraction of sp³-hybridized carbons (Fsp3) is 0.125. The van der Waals surface area contributed by atoms with Gasteiger partial charge in [0.25, 0.3) is 0 Å². The van der Waals surface area contributed by atoms with Crippen LogP contribution < -0.4 is 4.74 Å². The highest BCUT2D eigenvalue weighted by Gasteiger charge is 2.09. The molecule has 2 nitrogen and oxygen atoms in total. The highest BCUT2D eigenvalue weighted by molar-refractivity contribution is 5.82. The van der Waals surface area contributed by atoms with Gasteiger partial charge in [-0.2, -0.15) is 0 Å². The Bertz CT molecular complexity index is 585. The van der Waals surface area contributed by atoms with E-state index in [-0.39, 0.29) is 5.75 Å². The van der Waals surface area contributed by atoms with Crippen molar-refractivity contribution in [2.24, 2.45) is 0 Å². The first-order valence-electron chi connectivity index (χ1n) is 5.75. The van der Waals surface area contributed by atoms with E-state index in [1.807, 2.05) is 49.4 Å². The van der Waals surface area contributed by atoms with E-state index in [4.69, 9.17) is 4.74 Å². The minimum atomic E-state index is 0.283. The molecule has 18 heavy (non-hydrogen) atoms. The summed E-state index contributed by atoms with van der Waals surface area (Å²) in [5.74, 6) is 1.06. The molecule has 0 heterocycles. The van der Waals surface area contributed by atoms with E-state index < -0.39 is 0 Å². The van der Waals surface area contributed by atoms with Gasteiger partial charge in [0, 0.05) is 5.56 Å². The highest BCUT2D eigenvalue weighted by Crippen LogP contribution is 2.32. The largest absolute Gasteiger partial charge is 0.507 e. The van der Waals surface area contributed by atoms with Crippen LogP contribution in [-0.2, 0) is 0 Å². The lowest BCUT2D eigenvalue weighted by Crippen LogP contribution is -1.90. The maximum Gasteiger partial charge on any atom is 0.126 e. The number of aryl methyl sites for hydroxylation is 1. The van der Waals surface area contributed by atoms with Crippen LogP contribution in [0.3, 0.4) is 0 Å². The summed E-state index contributed by atoms with van der Waals surface area (Å²) < 4.78 is 5.19. The molecule has 0 aliphatic rings. The fourth-order valence-corrected chi connectivity index (χ4v) is 1.87. The van der Waals surface area contributed by atoms with Crippen molar-refractivity contribution in [2.45, 2.75) is 6.92 Å². The van der Waals surface area contributed by atoms with Gasteiger partial charge >= 0.3 is 0 Å². The second kappa shape index (κ2) is 4.96. The molecule has 0 amide bonds. The lowest BCUT2D eigenvalue weighted by atomic mass is 9.97. The summed E-state index contributed by atoms with van der Waals surface area (Å²) in [6.45, 7) is 5.93. The number of methoxy groups -OCH3 is 1. The molecule has 0 saturated heterocycles. The number of para-hydroxylation sites is 1. The van der Waals surface area contributed by atoms with E-state index >= 15 is 0 Å². The molecule has 2 heteroatoms. The third kappa shape index (κ3) is 2.23. The van der Waals surface area contributed by atoms with Gasteiger partial charge in [-0.15, -0.1) is 0 Å². The standard InChI is InChI=1S/C16H16O2/c1-11-6-4-9-15(16(11)17)12(2)13-7-5-8-14(10-13)18-3/h4-10,17H,2H2,1,3H3. The molecule has 0 aromatic heterocycles. The van der Waals surface area contributed by atoms with Crippen LogP contribution >= 0.6 is 0 Å². The van der Waals surface area contributed by atoms with Crippen molar-refractivity contribution < 1.29 is 9.84 Å². The number of hydrogen-bond donors (Lipinski definition) is 1. The molecule has 2 aromatic rings. The Morgan fingerprint density at radius 1 is 1.17 bits per heavy atom. The van der Waals surface area contributed by atoms with Crippen LogP contribution in [0, 0.1) is 6.92 Å². The van der Waals surface area contributed by atoms with E-state index in [1.54, 1.807) is 7.11 Å². The van der Waals surface area contributed by atoms with Gasteiger partial charge in [-0.25, -0.2) is 0 Å². The predicted octanol–water partition coefficient (Wildman–Crippen LogP) is 3.77. The van der Waals surface area contributed by atoms with Crippen molar-refractivity contribution in [3.05, 3.63) is 65.7 Å². The molecular formula is C16H16O2. The Labute approximate surface area is 107 Å². The van der Waals surface area contributed by atoms with Gasteiger partial charge in [0.15, 0.2) is 0 Å². The van der Waals surface area contributed by atoms with Crippen LogP contribution in [0.15, 0.2) is 49.0 Å². The number of phenols is 1. The summed E-state index contributed by atoms with van der Waals surface area (Å²) in [7, 11) is 1.63. The van der Waals surface area contributed by atoms with E-state index in [2.05, 4.69) is 6.58 Å². The SMILES string of the molecule is C=C(c1cccc(OC)c1)c1cccc(C)c1O. The number of aromatic hydroxyl groups is 1. The van der Waals surface area contributed by atoms with Crippen molar-refractivity contribution in [1.29, 1.82) is 0 Å². The van der Waals surface area contributed by atoms with Gasteiger partial charge in [-0.3, -0.25) is 0 Å². The zero-order valence-corrected chi connectivity index (χ0v) is 10.6. The Morgan fingerprint density at radius 2 is 1.89 bits per heavy atom. The van der Waals surface area contributed by atoms with E-state index in [0.29, 0.717) is 0 Å². The molecule has 0 unspecified atom stereocenters. The van der Waals surface area contributed by atoms with Gasteiger partial charge in [0.05, 0.1) is 7.11 Å². The third-order valence-corrected chi connectivity index (χ3v) is 2.98. The zero-order chi connectivity index (χ0) is 13.1. The fourth-order valence-electron chi connectivity index (χ4n) is 1.87. The van der Waals surface area contributed by atoms with Crippen LogP contribution in [0.1, 0.15) is 16.7 Å². The molecule has 0 aliphatic heterocycles. The second-order valence-electron chi connectivity index (χ2n) is 4.18. The molecule has 2 rings (SSSR count). The summed E-state index contributed by atoms with van der Waals surface area (Å²) in [5.41, 5.74) is 3.32. The summed E-state index contributed by atoms with van der Waals surface area (Å²) >= 11 is 0. The molecule has 0 radical (unpaired) electrons. The number of hydrogen-bond acceptors (Lipinski definition) is 2. The smallest absolute Gasteiger partial charge is 0.126 e. The molecule has 2 aromatic carbocycles. The van der Waals surface area contributed by atoms with Crippen LogP contribution in [0.2, 0.25) is 0 Å². The van der Waals surface area contributed by atoms with E-state index in [1.165, 1.54) is 0 Å². The molecule has 0 bridgehead atoms. The highest BCUT2D eigenvalue weighted by atomic mass is 16.5. The Balaban J connectivity index is 2.44. The topological polar surface area (TPSA) is 29.5 Å². The van der Waals surface area contributed by atoms with E-state index in [9.17, 15) is 5.11 Å². The first kappa shape index (κ1) is 12.2. The Morgan fingerprint density at radius 3 is 2.61 bits per heavy atom. The average molecular weight is 240 g/mol. The lowest BCUT2D eigenvalue weighted by molar-refractivity contribution is 0.414. The van der Waals surface area contributed by atoms with Crippen molar-refractivity contribution in [2.75, 3.05) is 7.11 Å². The summed E-state index contributed by atoms with van der Waals surface area (Å²) in [6, 6.07) is 13.3. The van der Waals surface area contributed by atoms with E-state index in [0.717, 1.165) is 28.0 Å². The predicted molar refractivity (Wildman–Crippen MR) is 74.0 cm³/mol. The van der Waals surface area contributed by atoms with Crippen LogP contribution in [0.25, 0.3) is 5.57 Å². The molecule has 1 N–H and O–H groups in total. The van der Waals surface area contributed by atoms with Crippen molar-refractivity contribution in [1.82, 2.24) is 0 Å². The Kier molecular flexibility index (Phi) is 3.38. The quantitative estimate of drug-likeness (QED) is 0.884. The molecule has 0 saturated carbocycles. The van der Waals surface area contributed by atoms with Crippen LogP contribution in [0.4, 0.5) is 0 Å². The first-order chi connectivity index (χ1) is 8.63. The maximum atomic E-state index is 10.1. The van der Waals surface area contributed by atoms with Gasteiger partial charge in [-0.05, 0) is 35.8 Å². The number of ether oxygens (including phenoxy) is 1. The summed E-state index contributed by atoms with van der Waals surface area (Å²) in [4.78, 5) is 0. The molecule has 0 spiro atoms. The minimum absolute atomic E-state index is 0.283. The number of rotatable bonds is 3. The molecule has 0 atom stereocenters. The second-order valence-corrected chi connectivity index (χ2v) is 4.18. The van der Waals surface area contributed by atoms with Crippen molar-refractivity contribution >= 4 is 5.57 Å². The van der Waals surface area contributed by atoms with Crippen LogP contribution in [-0.4, -0.2) is 12.2 Å². The number of benzene rings is 2. The third-order valence-electron chi connectivity index (χ3n) is 2.98. The summed E-state index contributed by atoms with van der Waals surface area (Å²) in [6.07, 6.45) is 0. The first-order valence-corrected chi connectivity index (χ1v) is 5.75.